The van der Waals surface area contributed by atoms with Crippen LogP contribution in [0, 0.1) is 11.3 Å². The Labute approximate surface area is 162 Å². The van der Waals surface area contributed by atoms with Gasteiger partial charge < -0.3 is 10.2 Å². The van der Waals surface area contributed by atoms with Crippen LogP contribution in [0.25, 0.3) is 0 Å². The van der Waals surface area contributed by atoms with Crippen LogP contribution in [0.2, 0.25) is 0 Å². The van der Waals surface area contributed by atoms with Crippen molar-refractivity contribution in [3.05, 3.63) is 59.7 Å². The molecule has 1 N–H and O–H groups in total. The molecule has 0 radical (unpaired) electrons. The molecule has 0 saturated carbocycles. The average molecular weight is 374 g/mol. The van der Waals surface area contributed by atoms with E-state index in [1.807, 2.05) is 13.0 Å². The van der Waals surface area contributed by atoms with Gasteiger partial charge in [0.05, 0.1) is 22.9 Å². The summed E-state index contributed by atoms with van der Waals surface area (Å²) in [5.74, 6) is -0.683. The molecule has 2 heterocycles. The monoisotopic (exact) mass is 374 g/mol. The van der Waals surface area contributed by atoms with Crippen LogP contribution in [0.3, 0.4) is 0 Å². The fourth-order valence-electron chi connectivity index (χ4n) is 3.91. The van der Waals surface area contributed by atoms with Crippen molar-refractivity contribution in [3.63, 3.8) is 0 Å². The number of fused-ring (bicyclic) bond motifs is 3. The maximum atomic E-state index is 13.1. The van der Waals surface area contributed by atoms with Crippen LogP contribution in [-0.4, -0.2) is 34.8 Å². The van der Waals surface area contributed by atoms with E-state index in [-0.39, 0.29) is 24.3 Å². The van der Waals surface area contributed by atoms with Gasteiger partial charge in [-0.05, 0) is 49.7 Å². The molecule has 1 atom stereocenters. The molecule has 1 saturated heterocycles. The van der Waals surface area contributed by atoms with Gasteiger partial charge in [-0.25, -0.2) is 0 Å². The zero-order valence-electron chi connectivity index (χ0n) is 15.3. The molecule has 3 amide bonds. The Morgan fingerprint density at radius 2 is 1.89 bits per heavy atom. The van der Waals surface area contributed by atoms with Gasteiger partial charge in [-0.2, -0.15) is 5.26 Å². The molecule has 0 bridgehead atoms. The van der Waals surface area contributed by atoms with Crippen LogP contribution in [0.15, 0.2) is 48.5 Å². The highest BCUT2D eigenvalue weighted by atomic mass is 16.2. The number of rotatable bonds is 3. The second kappa shape index (κ2) is 6.50. The Morgan fingerprint density at radius 3 is 2.61 bits per heavy atom. The van der Waals surface area contributed by atoms with E-state index >= 15 is 0 Å². The number of carbonyl (C=O) groups excluding carboxylic acids is 3. The predicted molar refractivity (Wildman–Crippen MR) is 102 cm³/mol. The Balaban J connectivity index is 1.61. The molecule has 4 rings (SSSR count). The molecule has 2 aliphatic rings. The van der Waals surface area contributed by atoms with E-state index in [4.69, 9.17) is 5.26 Å². The number of hydrogen-bond acceptors (Lipinski definition) is 4. The standard InChI is InChI=1S/C21H18N4O3/c1-21-11-10-19(27)25(21)17-5-3-2-4-16(17)20(28)24(21)13-18(26)23-15-8-6-14(12-22)7-9-15/h2-9H,10-11,13H2,1H3,(H,23,26). The molecular formula is C21H18N4O3. The summed E-state index contributed by atoms with van der Waals surface area (Å²) in [6.07, 6.45) is 0.794. The van der Waals surface area contributed by atoms with Crippen molar-refractivity contribution in [3.8, 4) is 6.07 Å². The zero-order chi connectivity index (χ0) is 19.9. The van der Waals surface area contributed by atoms with Crippen molar-refractivity contribution in [2.45, 2.75) is 25.4 Å². The van der Waals surface area contributed by atoms with E-state index < -0.39 is 5.66 Å². The Bertz CT molecular complexity index is 1020. The molecule has 0 aromatic heterocycles. The Hall–Kier alpha value is -3.66. The lowest BCUT2D eigenvalue weighted by Gasteiger charge is -2.48. The molecule has 140 valence electrons. The summed E-state index contributed by atoms with van der Waals surface area (Å²) in [5, 5.41) is 11.6. The number of anilines is 2. The summed E-state index contributed by atoms with van der Waals surface area (Å²) in [6.45, 7) is 1.65. The number of carbonyl (C=O) groups is 3. The number of nitriles is 1. The SMILES string of the molecule is CC12CCC(=O)N1c1ccccc1C(=O)N2CC(=O)Nc1ccc(C#N)cc1. The van der Waals surface area contributed by atoms with Gasteiger partial charge in [0.15, 0.2) is 0 Å². The van der Waals surface area contributed by atoms with Crippen molar-refractivity contribution in [1.82, 2.24) is 4.90 Å². The molecule has 7 nitrogen and oxygen atoms in total. The van der Waals surface area contributed by atoms with E-state index in [1.54, 1.807) is 53.4 Å². The van der Waals surface area contributed by atoms with Crippen LogP contribution in [0.5, 0.6) is 0 Å². The number of para-hydroxylation sites is 1. The van der Waals surface area contributed by atoms with Crippen molar-refractivity contribution >= 4 is 29.1 Å². The van der Waals surface area contributed by atoms with Crippen molar-refractivity contribution < 1.29 is 14.4 Å². The van der Waals surface area contributed by atoms with E-state index in [0.717, 1.165) is 0 Å². The predicted octanol–water partition coefficient (Wildman–Crippen LogP) is 2.50. The number of nitrogens with zero attached hydrogens (tertiary/aromatic N) is 3. The van der Waals surface area contributed by atoms with Crippen molar-refractivity contribution in [2.24, 2.45) is 0 Å². The summed E-state index contributed by atoms with van der Waals surface area (Å²) in [4.78, 5) is 41.4. The molecule has 0 aliphatic carbocycles. The molecule has 2 aromatic rings. The lowest BCUT2D eigenvalue weighted by molar-refractivity contribution is -0.120. The fourth-order valence-corrected chi connectivity index (χ4v) is 3.91. The molecule has 2 aliphatic heterocycles. The van der Waals surface area contributed by atoms with Gasteiger partial charge >= 0.3 is 0 Å². The van der Waals surface area contributed by atoms with Gasteiger partial charge in [-0.15, -0.1) is 0 Å². The highest BCUT2D eigenvalue weighted by Crippen LogP contribution is 2.43. The first-order valence-corrected chi connectivity index (χ1v) is 8.98. The van der Waals surface area contributed by atoms with E-state index in [9.17, 15) is 14.4 Å². The summed E-state index contributed by atoms with van der Waals surface area (Å²) in [5.41, 5.74) is 1.18. The van der Waals surface area contributed by atoms with Gasteiger partial charge in [0.25, 0.3) is 5.91 Å². The topological polar surface area (TPSA) is 93.5 Å². The lowest BCUT2D eigenvalue weighted by Crippen LogP contribution is -2.63. The van der Waals surface area contributed by atoms with E-state index in [1.165, 1.54) is 4.90 Å². The number of benzene rings is 2. The minimum absolute atomic E-state index is 0.0556. The highest BCUT2D eigenvalue weighted by molar-refractivity contribution is 6.11. The lowest BCUT2D eigenvalue weighted by atomic mass is 9.98. The molecule has 0 spiro atoms. The summed E-state index contributed by atoms with van der Waals surface area (Å²) in [6, 6.07) is 15.5. The van der Waals surface area contributed by atoms with E-state index in [2.05, 4.69) is 5.32 Å². The van der Waals surface area contributed by atoms with Crippen molar-refractivity contribution in [2.75, 3.05) is 16.8 Å². The zero-order valence-corrected chi connectivity index (χ0v) is 15.3. The third-order valence-electron chi connectivity index (χ3n) is 5.35. The first-order valence-electron chi connectivity index (χ1n) is 8.98. The molecule has 2 aromatic carbocycles. The smallest absolute Gasteiger partial charge is 0.258 e. The molecule has 1 fully saturated rings. The third-order valence-corrected chi connectivity index (χ3v) is 5.35. The second-order valence-corrected chi connectivity index (χ2v) is 7.09. The van der Waals surface area contributed by atoms with Crippen LogP contribution in [-0.2, 0) is 9.59 Å². The number of nitrogens with one attached hydrogen (secondary N) is 1. The second-order valence-electron chi connectivity index (χ2n) is 7.09. The van der Waals surface area contributed by atoms with Crippen LogP contribution in [0.1, 0.15) is 35.7 Å². The maximum Gasteiger partial charge on any atom is 0.258 e. The minimum Gasteiger partial charge on any atom is -0.325 e. The van der Waals surface area contributed by atoms with Crippen LogP contribution < -0.4 is 10.2 Å². The first-order chi connectivity index (χ1) is 13.4. The van der Waals surface area contributed by atoms with Gasteiger partial charge in [-0.3, -0.25) is 19.3 Å². The molecule has 28 heavy (non-hydrogen) atoms. The van der Waals surface area contributed by atoms with Crippen LogP contribution in [0.4, 0.5) is 11.4 Å². The maximum absolute atomic E-state index is 13.1. The quantitative estimate of drug-likeness (QED) is 0.893. The fraction of sp³-hybridized carbons (Fsp3) is 0.238. The largest absolute Gasteiger partial charge is 0.325 e. The Kier molecular flexibility index (Phi) is 4.12. The third kappa shape index (κ3) is 2.70. The van der Waals surface area contributed by atoms with Gasteiger partial charge in [0.1, 0.15) is 12.2 Å². The first kappa shape index (κ1) is 17.7. The summed E-state index contributed by atoms with van der Waals surface area (Å²) in [7, 11) is 0. The number of hydrogen-bond donors (Lipinski definition) is 1. The van der Waals surface area contributed by atoms with Gasteiger partial charge in [-0.1, -0.05) is 12.1 Å². The summed E-state index contributed by atoms with van der Waals surface area (Å²) < 4.78 is 0. The molecular weight excluding hydrogens is 356 g/mol. The molecule has 7 heteroatoms. The number of amides is 3. The van der Waals surface area contributed by atoms with Crippen molar-refractivity contribution in [1.29, 1.82) is 5.26 Å². The molecule has 1 unspecified atom stereocenters. The minimum atomic E-state index is -0.871. The average Bonchev–Trinajstić information content (AvgIpc) is 3.01. The normalized spacial score (nSPS) is 20.4. The van der Waals surface area contributed by atoms with E-state index in [0.29, 0.717) is 35.3 Å². The Morgan fingerprint density at radius 1 is 1.18 bits per heavy atom. The van der Waals surface area contributed by atoms with Gasteiger partial charge in [0.2, 0.25) is 11.8 Å². The summed E-state index contributed by atoms with van der Waals surface area (Å²) >= 11 is 0. The van der Waals surface area contributed by atoms with Gasteiger partial charge in [0, 0.05) is 12.1 Å². The van der Waals surface area contributed by atoms with Crippen LogP contribution >= 0.6 is 0 Å². The highest BCUT2D eigenvalue weighted by Gasteiger charge is 2.53.